The highest BCUT2D eigenvalue weighted by molar-refractivity contribution is 6.30. The van der Waals surface area contributed by atoms with E-state index in [1.807, 2.05) is 12.1 Å². The van der Waals surface area contributed by atoms with Gasteiger partial charge in [0, 0.05) is 27.1 Å². The van der Waals surface area contributed by atoms with E-state index in [0.717, 1.165) is 65.8 Å². The van der Waals surface area contributed by atoms with E-state index in [-0.39, 0.29) is 0 Å². The fourth-order valence-electron chi connectivity index (χ4n) is 9.08. The second kappa shape index (κ2) is 11.2. The average Bonchev–Trinajstić information content (AvgIpc) is 3.80. The predicted octanol–water partition coefficient (Wildman–Crippen LogP) is 15.1. The molecule has 0 aliphatic rings. The Bertz CT molecular complexity index is 3360. The Balaban J connectivity index is 1.21. The third kappa shape index (κ3) is 4.11. The third-order valence-corrected chi connectivity index (χ3v) is 11.4. The van der Waals surface area contributed by atoms with Crippen molar-refractivity contribution in [1.82, 2.24) is 0 Å². The first-order chi connectivity index (χ1) is 26.8. The molecule has 2 heterocycles. The van der Waals surface area contributed by atoms with E-state index in [1.54, 1.807) is 0 Å². The van der Waals surface area contributed by atoms with E-state index in [0.29, 0.717) is 0 Å². The first kappa shape index (κ1) is 29.4. The van der Waals surface area contributed by atoms with Gasteiger partial charge in [-0.25, -0.2) is 0 Å². The van der Waals surface area contributed by atoms with Crippen LogP contribution >= 0.6 is 0 Å². The van der Waals surface area contributed by atoms with Gasteiger partial charge in [-0.1, -0.05) is 158 Å². The third-order valence-electron chi connectivity index (χ3n) is 11.4. The molecule has 2 nitrogen and oxygen atoms in total. The number of para-hydroxylation sites is 2. The highest BCUT2D eigenvalue weighted by Gasteiger charge is 2.26. The molecule has 2 heteroatoms. The van der Waals surface area contributed by atoms with Crippen molar-refractivity contribution in [2.24, 2.45) is 0 Å². The second-order valence-electron chi connectivity index (χ2n) is 14.3. The minimum Gasteiger partial charge on any atom is -0.455 e. The Labute approximate surface area is 310 Å². The number of furan rings is 2. The van der Waals surface area contributed by atoms with Gasteiger partial charge in [-0.05, 0) is 89.6 Å². The zero-order valence-corrected chi connectivity index (χ0v) is 29.1. The first-order valence-electron chi connectivity index (χ1n) is 18.5. The molecule has 0 spiro atoms. The summed E-state index contributed by atoms with van der Waals surface area (Å²) < 4.78 is 13.7. The smallest absolute Gasteiger partial charge is 0.147 e. The molecule has 0 atom stereocenters. The Morgan fingerprint density at radius 3 is 1.30 bits per heavy atom. The van der Waals surface area contributed by atoms with E-state index in [1.165, 1.54) is 54.6 Å². The normalized spacial score (nSPS) is 12.1. The summed E-state index contributed by atoms with van der Waals surface area (Å²) in [6.45, 7) is 0. The number of hydrogen-bond acceptors (Lipinski definition) is 2. The van der Waals surface area contributed by atoms with Crippen LogP contribution in [0.15, 0.2) is 191 Å². The Morgan fingerprint density at radius 1 is 0.259 bits per heavy atom. The fraction of sp³-hybridized carbons (Fsp3) is 0. The van der Waals surface area contributed by atoms with E-state index < -0.39 is 0 Å². The van der Waals surface area contributed by atoms with Crippen molar-refractivity contribution in [2.45, 2.75) is 0 Å². The maximum Gasteiger partial charge on any atom is 0.147 e. The quantitative estimate of drug-likeness (QED) is 0.173. The van der Waals surface area contributed by atoms with Crippen LogP contribution in [0.3, 0.4) is 0 Å². The van der Waals surface area contributed by atoms with Gasteiger partial charge >= 0.3 is 0 Å². The Hall–Kier alpha value is -7.16. The van der Waals surface area contributed by atoms with Crippen LogP contribution in [0.4, 0.5) is 0 Å². The Morgan fingerprint density at radius 2 is 0.704 bits per heavy atom. The van der Waals surface area contributed by atoms with Gasteiger partial charge in [0.2, 0.25) is 0 Å². The van der Waals surface area contributed by atoms with Crippen LogP contribution in [0, 0.1) is 0 Å². The molecule has 0 saturated heterocycles. The summed E-state index contributed by atoms with van der Waals surface area (Å²) in [5.74, 6) is 0. The van der Waals surface area contributed by atoms with E-state index in [2.05, 4.69) is 170 Å². The zero-order chi connectivity index (χ0) is 35.3. The lowest BCUT2D eigenvalue weighted by atomic mass is 9.83. The second-order valence-corrected chi connectivity index (χ2v) is 14.3. The monoisotopic (exact) mass is 686 g/mol. The number of hydrogen-bond donors (Lipinski definition) is 0. The van der Waals surface area contributed by atoms with Crippen LogP contribution in [0.2, 0.25) is 0 Å². The molecular weight excluding hydrogens is 657 g/mol. The molecule has 0 radical (unpaired) electrons. The van der Waals surface area contributed by atoms with Gasteiger partial charge in [-0.2, -0.15) is 0 Å². The molecule has 0 aliphatic heterocycles. The van der Waals surface area contributed by atoms with Gasteiger partial charge < -0.3 is 8.83 Å². The molecule has 54 heavy (non-hydrogen) atoms. The molecule has 0 amide bonds. The van der Waals surface area contributed by atoms with Crippen molar-refractivity contribution in [3.63, 3.8) is 0 Å². The average molecular weight is 687 g/mol. The van der Waals surface area contributed by atoms with E-state index in [9.17, 15) is 0 Å². The molecule has 0 aliphatic carbocycles. The van der Waals surface area contributed by atoms with Crippen LogP contribution in [0.25, 0.3) is 120 Å². The lowest BCUT2D eigenvalue weighted by Crippen LogP contribution is -1.93. The molecule has 0 N–H and O–H groups in total. The molecule has 2 aromatic heterocycles. The van der Waals surface area contributed by atoms with E-state index >= 15 is 0 Å². The fourth-order valence-corrected chi connectivity index (χ4v) is 9.08. The summed E-state index contributed by atoms with van der Waals surface area (Å²) >= 11 is 0. The highest BCUT2D eigenvalue weighted by Crippen LogP contribution is 2.51. The Kier molecular flexibility index (Phi) is 6.09. The minimum absolute atomic E-state index is 0.844. The summed E-state index contributed by atoms with van der Waals surface area (Å²) in [6.07, 6.45) is 0. The van der Waals surface area contributed by atoms with Gasteiger partial charge in [0.05, 0.1) is 5.56 Å². The SMILES string of the molecule is c1ccc2cc(-c3ccc(-c4c5ccccc5c(-c5c6oc7ccccc7c6cc6c5oc5ccccc56)c5ccccc45)c4ccccc34)ccc2c1. The maximum atomic E-state index is 6.83. The van der Waals surface area contributed by atoms with Crippen molar-refractivity contribution in [1.29, 1.82) is 0 Å². The standard InChI is InChI=1S/C52H30O2/c1-2-14-32-29-33(26-25-31(32)13-1)34-27-28-43(36-16-4-3-15-35(34)36)48-39-19-5-7-21-41(39)49(42-22-8-6-20-40(42)48)50-51-44(37-17-9-11-23-46(37)53-51)30-45-38-18-10-12-24-47(38)54-52(45)50/h1-30H. The minimum atomic E-state index is 0.844. The lowest BCUT2D eigenvalue weighted by molar-refractivity contribution is 0.658. The topological polar surface area (TPSA) is 26.3 Å². The summed E-state index contributed by atoms with van der Waals surface area (Å²) in [7, 11) is 0. The summed E-state index contributed by atoms with van der Waals surface area (Å²) in [4.78, 5) is 0. The van der Waals surface area contributed by atoms with Gasteiger partial charge in [-0.15, -0.1) is 0 Å². The molecule has 0 bridgehead atoms. The number of rotatable bonds is 3. The summed E-state index contributed by atoms with van der Waals surface area (Å²) in [5.41, 5.74) is 10.4. The maximum absolute atomic E-state index is 6.83. The molecule has 12 rings (SSSR count). The van der Waals surface area contributed by atoms with Crippen molar-refractivity contribution < 1.29 is 8.83 Å². The largest absolute Gasteiger partial charge is 0.455 e. The van der Waals surface area contributed by atoms with Gasteiger partial charge in [0.1, 0.15) is 22.3 Å². The molecule has 0 saturated carbocycles. The molecule has 250 valence electrons. The lowest BCUT2D eigenvalue weighted by Gasteiger charge is -2.20. The van der Waals surface area contributed by atoms with Crippen LogP contribution in [-0.4, -0.2) is 0 Å². The van der Waals surface area contributed by atoms with Crippen LogP contribution < -0.4 is 0 Å². The zero-order valence-electron chi connectivity index (χ0n) is 29.1. The van der Waals surface area contributed by atoms with Crippen molar-refractivity contribution in [3.05, 3.63) is 182 Å². The molecule has 0 unspecified atom stereocenters. The van der Waals surface area contributed by atoms with Gasteiger partial charge in [-0.3, -0.25) is 0 Å². The van der Waals surface area contributed by atoms with Crippen molar-refractivity contribution >= 4 is 87.0 Å². The van der Waals surface area contributed by atoms with Gasteiger partial charge in [0.15, 0.2) is 0 Å². The van der Waals surface area contributed by atoms with Crippen LogP contribution in [0.5, 0.6) is 0 Å². The highest BCUT2D eigenvalue weighted by atomic mass is 16.3. The van der Waals surface area contributed by atoms with Crippen LogP contribution in [-0.2, 0) is 0 Å². The van der Waals surface area contributed by atoms with E-state index in [4.69, 9.17) is 8.83 Å². The summed E-state index contributed by atoms with van der Waals surface area (Å²) in [6, 6.07) is 65.5. The van der Waals surface area contributed by atoms with Crippen molar-refractivity contribution in [2.75, 3.05) is 0 Å². The van der Waals surface area contributed by atoms with Gasteiger partial charge in [0.25, 0.3) is 0 Å². The number of fused-ring (bicyclic) bond motifs is 10. The molecule has 12 aromatic rings. The summed E-state index contributed by atoms with van der Waals surface area (Å²) in [5, 5.41) is 14.0. The van der Waals surface area contributed by atoms with Crippen LogP contribution in [0.1, 0.15) is 0 Å². The first-order valence-corrected chi connectivity index (χ1v) is 18.5. The van der Waals surface area contributed by atoms with Crippen molar-refractivity contribution in [3.8, 4) is 33.4 Å². The molecule has 0 fully saturated rings. The molecule has 10 aromatic carbocycles. The predicted molar refractivity (Wildman–Crippen MR) is 227 cm³/mol. The number of benzene rings is 10. The molecular formula is C52H30O2.